The number of piperidine rings is 1. The van der Waals surface area contributed by atoms with Gasteiger partial charge in [-0.05, 0) is 64.5 Å². The van der Waals surface area contributed by atoms with Crippen LogP contribution in [0.2, 0.25) is 0 Å². The molecule has 2 aliphatic heterocycles. The van der Waals surface area contributed by atoms with Crippen LogP contribution in [0, 0.1) is 5.41 Å². The first-order valence-corrected chi connectivity index (χ1v) is 10.9. The molecule has 2 saturated heterocycles. The molecule has 7 heteroatoms. The van der Waals surface area contributed by atoms with Crippen molar-refractivity contribution < 1.29 is 23.9 Å². The van der Waals surface area contributed by atoms with Gasteiger partial charge in [0.15, 0.2) is 5.78 Å². The summed E-state index contributed by atoms with van der Waals surface area (Å²) in [6.45, 7) is 9.41. The Balaban J connectivity index is 1.52. The maximum absolute atomic E-state index is 12.8. The lowest BCUT2D eigenvalue weighted by Crippen LogP contribution is -2.44. The molecule has 0 saturated carbocycles. The van der Waals surface area contributed by atoms with Gasteiger partial charge >= 0.3 is 5.97 Å². The smallest absolute Gasteiger partial charge is 0.315 e. The van der Waals surface area contributed by atoms with E-state index in [4.69, 9.17) is 4.74 Å². The van der Waals surface area contributed by atoms with Crippen LogP contribution in [0.15, 0.2) is 24.3 Å². The van der Waals surface area contributed by atoms with E-state index in [0.29, 0.717) is 37.3 Å². The molecule has 3 rings (SSSR count). The number of carbonyl (C=O) groups excluding carboxylic acids is 4. The second-order valence-corrected chi connectivity index (χ2v) is 9.75. The molecule has 1 aromatic rings. The van der Waals surface area contributed by atoms with Gasteiger partial charge in [0.05, 0.1) is 0 Å². The molecule has 2 amide bonds. The molecule has 0 aliphatic carbocycles. The van der Waals surface area contributed by atoms with Crippen molar-refractivity contribution in [2.75, 3.05) is 26.2 Å². The number of hydrogen-bond donors (Lipinski definition) is 0. The first kappa shape index (κ1) is 23.0. The Morgan fingerprint density at radius 2 is 1.42 bits per heavy atom. The Kier molecular flexibility index (Phi) is 6.53. The van der Waals surface area contributed by atoms with Gasteiger partial charge in [-0.3, -0.25) is 19.2 Å². The van der Waals surface area contributed by atoms with Gasteiger partial charge in [-0.2, -0.15) is 0 Å². The highest BCUT2D eigenvalue weighted by atomic mass is 16.6. The third-order valence-corrected chi connectivity index (χ3v) is 6.16. The predicted molar refractivity (Wildman–Crippen MR) is 116 cm³/mol. The fourth-order valence-electron chi connectivity index (χ4n) is 4.38. The van der Waals surface area contributed by atoms with Gasteiger partial charge in [-0.15, -0.1) is 0 Å². The van der Waals surface area contributed by atoms with Crippen molar-refractivity contribution in [2.24, 2.45) is 5.41 Å². The van der Waals surface area contributed by atoms with Crippen LogP contribution in [0.3, 0.4) is 0 Å². The van der Waals surface area contributed by atoms with Crippen molar-refractivity contribution in [1.29, 1.82) is 0 Å². The minimum absolute atomic E-state index is 0.0128. The average molecular weight is 429 g/mol. The summed E-state index contributed by atoms with van der Waals surface area (Å²) in [5, 5.41) is 0. The fourth-order valence-corrected chi connectivity index (χ4v) is 4.38. The predicted octanol–water partition coefficient (Wildman–Crippen LogP) is 3.08. The number of hydrogen-bond acceptors (Lipinski definition) is 5. The van der Waals surface area contributed by atoms with Crippen LogP contribution in [0.25, 0.3) is 0 Å². The van der Waals surface area contributed by atoms with Crippen LogP contribution < -0.4 is 0 Å². The van der Waals surface area contributed by atoms with Crippen LogP contribution in [0.4, 0.5) is 0 Å². The second kappa shape index (κ2) is 8.81. The van der Waals surface area contributed by atoms with E-state index in [1.165, 1.54) is 6.92 Å². The highest BCUT2D eigenvalue weighted by Crippen LogP contribution is 2.40. The number of amides is 2. The molecule has 31 heavy (non-hydrogen) atoms. The molecule has 7 nitrogen and oxygen atoms in total. The molecule has 0 unspecified atom stereocenters. The Morgan fingerprint density at radius 1 is 0.903 bits per heavy atom. The zero-order valence-corrected chi connectivity index (χ0v) is 18.9. The summed E-state index contributed by atoms with van der Waals surface area (Å²) in [5.74, 6) is -0.725. The lowest BCUT2D eigenvalue weighted by molar-refractivity contribution is -0.158. The first-order valence-electron chi connectivity index (χ1n) is 10.9. The van der Waals surface area contributed by atoms with Gasteiger partial charge in [0, 0.05) is 37.3 Å². The van der Waals surface area contributed by atoms with E-state index in [1.54, 1.807) is 49.9 Å². The molecule has 0 N–H and O–H groups in total. The van der Waals surface area contributed by atoms with Gasteiger partial charge in [0.2, 0.25) is 5.91 Å². The summed E-state index contributed by atoms with van der Waals surface area (Å²) in [6.07, 6.45) is 2.33. The molecule has 0 radical (unpaired) electrons. The number of benzene rings is 1. The van der Waals surface area contributed by atoms with E-state index in [1.807, 2.05) is 4.90 Å². The molecular formula is C24H32N2O5. The topological polar surface area (TPSA) is 84.0 Å². The Bertz CT molecular complexity index is 861. The lowest BCUT2D eigenvalue weighted by atomic mass is 9.77. The number of ketones is 1. The zero-order chi connectivity index (χ0) is 22.8. The number of ether oxygens (including phenoxy) is 1. The van der Waals surface area contributed by atoms with Gasteiger partial charge in [-0.25, -0.2) is 0 Å². The normalized spacial score (nSPS) is 18.2. The summed E-state index contributed by atoms with van der Waals surface area (Å²) in [6, 6.07) is 6.78. The molecular weight excluding hydrogens is 396 g/mol. The quantitative estimate of drug-likeness (QED) is 0.418. The number of Topliss-reactive ketones (excluding diaryl/α,β-unsaturated/α-hetero) is 1. The third kappa shape index (κ3) is 5.71. The van der Waals surface area contributed by atoms with Gasteiger partial charge in [0.1, 0.15) is 12.0 Å². The third-order valence-electron chi connectivity index (χ3n) is 6.16. The number of rotatable bonds is 4. The van der Waals surface area contributed by atoms with Crippen LogP contribution in [-0.2, 0) is 14.3 Å². The highest BCUT2D eigenvalue weighted by Gasteiger charge is 2.43. The van der Waals surface area contributed by atoms with E-state index in [0.717, 1.165) is 19.3 Å². The van der Waals surface area contributed by atoms with Crippen molar-refractivity contribution in [2.45, 2.75) is 59.0 Å². The highest BCUT2D eigenvalue weighted by molar-refractivity contribution is 5.98. The van der Waals surface area contributed by atoms with E-state index >= 15 is 0 Å². The number of carbonyl (C=O) groups is 4. The maximum Gasteiger partial charge on any atom is 0.315 e. The van der Waals surface area contributed by atoms with E-state index < -0.39 is 11.6 Å². The molecule has 2 fully saturated rings. The van der Waals surface area contributed by atoms with Crippen molar-refractivity contribution in [3.05, 3.63) is 35.4 Å². The molecule has 0 bridgehead atoms. The van der Waals surface area contributed by atoms with Crippen LogP contribution in [0.5, 0.6) is 0 Å². The Morgan fingerprint density at radius 3 is 1.94 bits per heavy atom. The van der Waals surface area contributed by atoms with Crippen LogP contribution in [0.1, 0.15) is 74.1 Å². The monoisotopic (exact) mass is 428 g/mol. The summed E-state index contributed by atoms with van der Waals surface area (Å²) in [5.41, 5.74) is 0.589. The van der Waals surface area contributed by atoms with Crippen LogP contribution in [-0.4, -0.2) is 65.1 Å². The van der Waals surface area contributed by atoms with E-state index in [2.05, 4.69) is 0 Å². The molecule has 1 spiro atoms. The first-order chi connectivity index (χ1) is 14.5. The van der Waals surface area contributed by atoms with Crippen molar-refractivity contribution in [3.63, 3.8) is 0 Å². The fraction of sp³-hybridized carbons (Fsp3) is 0.583. The second-order valence-electron chi connectivity index (χ2n) is 9.75. The molecule has 2 heterocycles. The lowest BCUT2D eigenvalue weighted by Gasteiger charge is -2.39. The SMILES string of the molecule is CC(=O)c1ccc(C(=O)N2CCC3(CCN(C(=O)CC(=O)OC(C)(C)C)C3)CC2)cc1. The van der Waals surface area contributed by atoms with E-state index in [-0.39, 0.29) is 29.4 Å². The molecule has 1 aromatic carbocycles. The summed E-state index contributed by atoms with van der Waals surface area (Å²) in [7, 11) is 0. The van der Waals surface area contributed by atoms with Crippen molar-refractivity contribution in [1.82, 2.24) is 9.80 Å². The molecule has 168 valence electrons. The number of nitrogens with zero attached hydrogens (tertiary/aromatic N) is 2. The number of likely N-dealkylation sites (tertiary alicyclic amines) is 2. The Hall–Kier alpha value is -2.70. The standard InChI is InChI=1S/C24H32N2O5/c1-17(27)18-5-7-19(8-6-18)22(30)25-12-9-24(10-13-25)11-14-26(16-24)20(28)15-21(29)31-23(2,3)4/h5-8H,9-16H2,1-4H3. The van der Waals surface area contributed by atoms with Gasteiger partial charge in [0.25, 0.3) is 5.91 Å². The molecule has 0 atom stereocenters. The minimum Gasteiger partial charge on any atom is -0.460 e. The van der Waals surface area contributed by atoms with Gasteiger partial charge < -0.3 is 14.5 Å². The zero-order valence-electron chi connectivity index (χ0n) is 18.9. The van der Waals surface area contributed by atoms with E-state index in [9.17, 15) is 19.2 Å². The summed E-state index contributed by atoms with van der Waals surface area (Å²) >= 11 is 0. The number of esters is 1. The average Bonchev–Trinajstić information content (AvgIpc) is 3.10. The van der Waals surface area contributed by atoms with Crippen LogP contribution >= 0.6 is 0 Å². The summed E-state index contributed by atoms with van der Waals surface area (Å²) in [4.78, 5) is 52.4. The molecule has 0 aromatic heterocycles. The van der Waals surface area contributed by atoms with Gasteiger partial charge in [-0.1, -0.05) is 12.1 Å². The molecule has 2 aliphatic rings. The summed E-state index contributed by atoms with van der Waals surface area (Å²) < 4.78 is 5.26. The Labute approximate surface area is 183 Å². The van der Waals surface area contributed by atoms with Crippen molar-refractivity contribution >= 4 is 23.6 Å². The maximum atomic E-state index is 12.8. The minimum atomic E-state index is -0.602. The van der Waals surface area contributed by atoms with Crippen molar-refractivity contribution in [3.8, 4) is 0 Å². The largest absolute Gasteiger partial charge is 0.460 e.